The van der Waals surface area contributed by atoms with Gasteiger partial charge in [-0.2, -0.15) is 0 Å². The van der Waals surface area contributed by atoms with E-state index in [1.165, 1.54) is 0 Å². The maximum absolute atomic E-state index is 12.4. The highest BCUT2D eigenvalue weighted by Gasteiger charge is 2.50. The predicted molar refractivity (Wildman–Crippen MR) is 67.0 cm³/mol. The third kappa shape index (κ3) is 0.986. The molecule has 0 saturated carbocycles. The van der Waals surface area contributed by atoms with Crippen LogP contribution in [-0.2, 0) is 0 Å². The molecule has 18 heavy (non-hydrogen) atoms. The molecule has 2 nitrogen and oxygen atoms in total. The SMILES string of the molecule is O=C1c2ccccc2[C@H]2C(=O)c3ccccc3[C@@H]12. The van der Waals surface area contributed by atoms with E-state index in [0.29, 0.717) is 0 Å². The normalized spacial score (nSPS) is 23.8. The minimum atomic E-state index is -0.286. The fraction of sp³-hybridized carbons (Fsp3) is 0.125. The molecule has 0 N–H and O–H groups in total. The fourth-order valence-corrected chi connectivity index (χ4v) is 3.26. The number of hydrogen-bond donors (Lipinski definition) is 0. The summed E-state index contributed by atoms with van der Waals surface area (Å²) in [7, 11) is 0. The molecule has 2 aromatic rings. The third-order valence-corrected chi connectivity index (χ3v) is 4.02. The number of ketones is 2. The monoisotopic (exact) mass is 234 g/mol. The second kappa shape index (κ2) is 3.16. The smallest absolute Gasteiger partial charge is 0.171 e. The fourth-order valence-electron chi connectivity index (χ4n) is 3.26. The van der Waals surface area contributed by atoms with Gasteiger partial charge in [-0.3, -0.25) is 9.59 Å². The van der Waals surface area contributed by atoms with Crippen molar-refractivity contribution in [2.24, 2.45) is 0 Å². The summed E-state index contributed by atoms with van der Waals surface area (Å²) in [6.45, 7) is 0. The van der Waals surface area contributed by atoms with Gasteiger partial charge >= 0.3 is 0 Å². The molecule has 4 rings (SSSR count). The van der Waals surface area contributed by atoms with Crippen molar-refractivity contribution >= 4 is 11.6 Å². The van der Waals surface area contributed by atoms with Crippen molar-refractivity contribution in [2.45, 2.75) is 11.8 Å². The largest absolute Gasteiger partial charge is 0.293 e. The van der Waals surface area contributed by atoms with Crippen molar-refractivity contribution < 1.29 is 9.59 Å². The lowest BCUT2D eigenvalue weighted by Crippen LogP contribution is -2.09. The van der Waals surface area contributed by atoms with Crippen LogP contribution in [0.1, 0.15) is 43.7 Å². The van der Waals surface area contributed by atoms with Gasteiger partial charge in [-0.25, -0.2) is 0 Å². The van der Waals surface area contributed by atoms with E-state index < -0.39 is 0 Å². The number of benzene rings is 2. The molecule has 0 radical (unpaired) electrons. The number of Topliss-reactive ketones (excluding diaryl/α,β-unsaturated/α-hetero) is 2. The van der Waals surface area contributed by atoms with Crippen LogP contribution in [0.25, 0.3) is 0 Å². The number of carbonyl (C=O) groups is 2. The van der Waals surface area contributed by atoms with Crippen LogP contribution in [-0.4, -0.2) is 11.6 Å². The van der Waals surface area contributed by atoms with Crippen LogP contribution in [0.15, 0.2) is 48.5 Å². The van der Waals surface area contributed by atoms with Gasteiger partial charge in [0.05, 0.1) is 11.8 Å². The molecule has 0 fully saturated rings. The van der Waals surface area contributed by atoms with E-state index in [4.69, 9.17) is 0 Å². The molecule has 2 aromatic carbocycles. The molecule has 0 amide bonds. The van der Waals surface area contributed by atoms with Crippen molar-refractivity contribution in [1.82, 2.24) is 0 Å². The van der Waals surface area contributed by atoms with E-state index in [-0.39, 0.29) is 23.4 Å². The number of fused-ring (bicyclic) bond motifs is 5. The Hall–Kier alpha value is -2.22. The highest BCUT2D eigenvalue weighted by molar-refractivity contribution is 6.19. The molecule has 0 aliphatic heterocycles. The number of carbonyl (C=O) groups excluding carboxylic acids is 2. The molecular formula is C16H10O2. The van der Waals surface area contributed by atoms with Gasteiger partial charge in [-0.15, -0.1) is 0 Å². The number of hydrogen-bond acceptors (Lipinski definition) is 2. The Labute approximate surface area is 104 Å². The first kappa shape index (κ1) is 9.77. The molecule has 2 heteroatoms. The standard InChI is InChI=1S/C16H10O2/c17-15-11-7-3-1-5-9(11)13-14(15)10-6-2-4-8-12(10)16(13)18/h1-8,13-14H/t13-,14-/m1/s1. The van der Waals surface area contributed by atoms with E-state index >= 15 is 0 Å². The Balaban J connectivity index is 2.01. The van der Waals surface area contributed by atoms with Crippen molar-refractivity contribution in [1.29, 1.82) is 0 Å². The quantitative estimate of drug-likeness (QED) is 0.702. The predicted octanol–water partition coefficient (Wildman–Crippen LogP) is 2.95. The lowest BCUT2D eigenvalue weighted by molar-refractivity contribution is 0.0913. The summed E-state index contributed by atoms with van der Waals surface area (Å²) in [4.78, 5) is 24.9. The first-order chi connectivity index (χ1) is 8.79. The molecule has 0 saturated heterocycles. The molecule has 0 heterocycles. The Morgan fingerprint density at radius 3 is 1.44 bits per heavy atom. The Morgan fingerprint density at radius 2 is 1.00 bits per heavy atom. The summed E-state index contributed by atoms with van der Waals surface area (Å²) < 4.78 is 0. The molecular weight excluding hydrogens is 224 g/mol. The second-order valence-corrected chi connectivity index (χ2v) is 4.86. The average Bonchev–Trinajstić information content (AvgIpc) is 2.87. The van der Waals surface area contributed by atoms with E-state index in [2.05, 4.69) is 0 Å². The molecule has 0 spiro atoms. The van der Waals surface area contributed by atoms with Crippen LogP contribution in [0, 0.1) is 0 Å². The van der Waals surface area contributed by atoms with Gasteiger partial charge in [-0.1, -0.05) is 48.5 Å². The van der Waals surface area contributed by atoms with E-state index in [1.54, 1.807) is 0 Å². The zero-order valence-electron chi connectivity index (χ0n) is 9.59. The van der Waals surface area contributed by atoms with Crippen LogP contribution in [0.5, 0.6) is 0 Å². The third-order valence-electron chi connectivity index (χ3n) is 4.02. The zero-order chi connectivity index (χ0) is 12.3. The van der Waals surface area contributed by atoms with Gasteiger partial charge in [0.15, 0.2) is 11.6 Å². The second-order valence-electron chi connectivity index (χ2n) is 4.86. The highest BCUT2D eigenvalue weighted by Crippen LogP contribution is 2.51. The van der Waals surface area contributed by atoms with Crippen LogP contribution < -0.4 is 0 Å². The van der Waals surface area contributed by atoms with Crippen molar-refractivity contribution in [3.63, 3.8) is 0 Å². The van der Waals surface area contributed by atoms with Gasteiger partial charge < -0.3 is 0 Å². The van der Waals surface area contributed by atoms with E-state index in [0.717, 1.165) is 22.3 Å². The topological polar surface area (TPSA) is 34.1 Å². The molecule has 2 atom stereocenters. The molecule has 0 aromatic heterocycles. The van der Waals surface area contributed by atoms with Crippen molar-refractivity contribution in [3.8, 4) is 0 Å². The average molecular weight is 234 g/mol. The summed E-state index contributed by atoms with van der Waals surface area (Å²) in [5, 5.41) is 0. The van der Waals surface area contributed by atoms with Crippen LogP contribution >= 0.6 is 0 Å². The summed E-state index contributed by atoms with van der Waals surface area (Å²) in [5.74, 6) is -0.389. The van der Waals surface area contributed by atoms with Crippen LogP contribution in [0.2, 0.25) is 0 Å². The molecule has 0 unspecified atom stereocenters. The van der Waals surface area contributed by atoms with Crippen LogP contribution in [0.4, 0.5) is 0 Å². The maximum atomic E-state index is 12.4. The molecule has 86 valence electrons. The number of rotatable bonds is 0. The van der Waals surface area contributed by atoms with Crippen molar-refractivity contribution in [2.75, 3.05) is 0 Å². The lowest BCUT2D eigenvalue weighted by Gasteiger charge is -2.06. The Kier molecular flexibility index (Phi) is 1.72. The summed E-state index contributed by atoms with van der Waals surface area (Å²) in [6, 6.07) is 15.0. The van der Waals surface area contributed by atoms with Gasteiger partial charge in [0.2, 0.25) is 0 Å². The van der Waals surface area contributed by atoms with Gasteiger partial charge in [-0.05, 0) is 11.1 Å². The summed E-state index contributed by atoms with van der Waals surface area (Å²) in [5.41, 5.74) is 3.23. The highest BCUT2D eigenvalue weighted by atomic mass is 16.1. The zero-order valence-corrected chi connectivity index (χ0v) is 9.59. The molecule has 2 aliphatic rings. The van der Waals surface area contributed by atoms with E-state index in [9.17, 15) is 9.59 Å². The maximum Gasteiger partial charge on any atom is 0.171 e. The molecule has 0 bridgehead atoms. The minimum Gasteiger partial charge on any atom is -0.293 e. The summed E-state index contributed by atoms with van der Waals surface area (Å²) >= 11 is 0. The Bertz CT molecular complexity index is 638. The van der Waals surface area contributed by atoms with Crippen molar-refractivity contribution in [3.05, 3.63) is 70.8 Å². The first-order valence-electron chi connectivity index (χ1n) is 6.05. The molecule has 2 aliphatic carbocycles. The van der Waals surface area contributed by atoms with Crippen LogP contribution in [0.3, 0.4) is 0 Å². The van der Waals surface area contributed by atoms with Gasteiger partial charge in [0, 0.05) is 11.1 Å². The van der Waals surface area contributed by atoms with E-state index in [1.807, 2.05) is 48.5 Å². The minimum absolute atomic E-state index is 0.0916. The van der Waals surface area contributed by atoms with Gasteiger partial charge in [0.1, 0.15) is 0 Å². The Morgan fingerprint density at radius 1 is 0.611 bits per heavy atom. The lowest BCUT2D eigenvalue weighted by atomic mass is 9.92. The summed E-state index contributed by atoms with van der Waals surface area (Å²) in [6.07, 6.45) is 0. The first-order valence-corrected chi connectivity index (χ1v) is 6.05. The van der Waals surface area contributed by atoms with Gasteiger partial charge in [0.25, 0.3) is 0 Å².